The molecule has 272 valence electrons. The van der Waals surface area contributed by atoms with Crippen LogP contribution in [0.2, 0.25) is 0 Å². The number of nitrogens with zero attached hydrogens (tertiary/aromatic N) is 8. The zero-order valence-corrected chi connectivity index (χ0v) is 25.9. The molecule has 0 radical (unpaired) electrons. The third kappa shape index (κ3) is 8.30. The van der Waals surface area contributed by atoms with Crippen LogP contribution in [-0.2, 0) is 9.59 Å². The summed E-state index contributed by atoms with van der Waals surface area (Å²) in [6, 6.07) is 6.25. The van der Waals surface area contributed by atoms with E-state index in [1.54, 1.807) is 0 Å². The first-order valence-electron chi connectivity index (χ1n) is 13.8. The fourth-order valence-corrected chi connectivity index (χ4v) is 5.23. The molecule has 0 aromatic heterocycles. The van der Waals surface area contributed by atoms with Gasteiger partial charge in [0.1, 0.15) is 35.8 Å². The maximum Gasteiger partial charge on any atom is 0.415 e. The molecule has 0 fully saturated rings. The van der Waals surface area contributed by atoms with Crippen molar-refractivity contribution >= 4 is 11.6 Å². The van der Waals surface area contributed by atoms with Gasteiger partial charge in [-0.25, -0.2) is 0 Å². The maximum absolute atomic E-state index is 13.8. The zero-order chi connectivity index (χ0) is 40.4. The van der Waals surface area contributed by atoms with Crippen LogP contribution in [0.5, 0.6) is 0 Å². The highest BCUT2D eigenvalue weighted by atomic mass is 19.4. The predicted octanol–water partition coefficient (Wildman–Crippen LogP) is 7.49. The van der Waals surface area contributed by atoms with Crippen molar-refractivity contribution < 1.29 is 62.3 Å². The Balaban J connectivity index is 2.44. The Bertz CT molecular complexity index is 1750. The lowest BCUT2D eigenvalue weighted by Crippen LogP contribution is -2.33. The minimum absolute atomic E-state index is 0.829. The van der Waals surface area contributed by atoms with Gasteiger partial charge in [0, 0.05) is 12.8 Å². The molecular weight excluding hydrogens is 732 g/mol. The lowest BCUT2D eigenvalue weighted by atomic mass is 9.85. The molecule has 0 aliphatic heterocycles. The van der Waals surface area contributed by atoms with E-state index in [1.165, 1.54) is 12.1 Å². The van der Waals surface area contributed by atoms with E-state index >= 15 is 0 Å². The van der Waals surface area contributed by atoms with E-state index in [9.17, 15) is 72.8 Å². The van der Waals surface area contributed by atoms with E-state index in [0.29, 0.717) is 0 Å². The van der Waals surface area contributed by atoms with Gasteiger partial charge in [0.05, 0.1) is 68.6 Å². The Labute approximate surface area is 284 Å². The van der Waals surface area contributed by atoms with Crippen LogP contribution >= 0.6 is 0 Å². The second kappa shape index (κ2) is 14.3. The fraction of sp³-hybridized carbons (Fsp3) is 0.467. The van der Waals surface area contributed by atoms with Gasteiger partial charge < -0.3 is 0 Å². The van der Waals surface area contributed by atoms with Gasteiger partial charge in [-0.15, -0.1) is 0 Å². The third-order valence-corrected chi connectivity index (χ3v) is 7.73. The van der Waals surface area contributed by atoms with Gasteiger partial charge in [0.25, 0.3) is 0 Å². The molecule has 0 bridgehead atoms. The summed E-state index contributed by atoms with van der Waals surface area (Å²) in [6.45, 7) is 1.66. The van der Waals surface area contributed by atoms with Crippen LogP contribution in [0.4, 0.5) is 52.7 Å². The van der Waals surface area contributed by atoms with Crippen molar-refractivity contribution in [3.05, 3.63) is 44.6 Å². The van der Waals surface area contributed by atoms with E-state index in [1.807, 2.05) is 0 Å². The van der Waals surface area contributed by atoms with Crippen molar-refractivity contribution in [3.8, 4) is 36.4 Å². The van der Waals surface area contributed by atoms with Gasteiger partial charge in [-0.1, -0.05) is 0 Å². The van der Waals surface area contributed by atoms with Crippen LogP contribution in [0.1, 0.15) is 39.5 Å². The highest BCUT2D eigenvalue weighted by Gasteiger charge is 2.59. The summed E-state index contributed by atoms with van der Waals surface area (Å²) in [6.07, 6.45) is -27.5. The second-order valence-electron chi connectivity index (χ2n) is 11.4. The largest absolute Gasteiger partial charge is 0.415 e. The number of alkyl halides is 12. The lowest BCUT2D eigenvalue weighted by molar-refractivity contribution is -0.134. The Hall–Kier alpha value is -6.00. The number of ketones is 2. The number of rotatable bonds is 10. The van der Waals surface area contributed by atoms with Gasteiger partial charge in [0.2, 0.25) is 0 Å². The van der Waals surface area contributed by atoms with Crippen LogP contribution in [0.15, 0.2) is 54.8 Å². The minimum atomic E-state index is -5.72. The SMILES string of the molecule is CC(C#N)(CCC(=O)C1C(C(F)(F)F)=C(C#N)C(C#N)=C1C(F)(F)F)/N=N/C(C)(C#N)CCC(=O)C1C(C(F)(F)F)=C(C#N)C(C#N)=C1C(F)(F)F. The van der Waals surface area contributed by atoms with Gasteiger partial charge >= 0.3 is 24.7 Å². The van der Waals surface area contributed by atoms with E-state index in [4.69, 9.17) is 21.0 Å². The molecule has 0 N–H and O–H groups in total. The second-order valence-corrected chi connectivity index (χ2v) is 11.4. The molecular formula is C30H16F12N8O2. The van der Waals surface area contributed by atoms with Crippen LogP contribution in [0.25, 0.3) is 0 Å². The zero-order valence-electron chi connectivity index (χ0n) is 25.9. The molecule has 0 aromatic carbocycles. The van der Waals surface area contributed by atoms with E-state index < -0.39 is 129 Å². The topological polar surface area (TPSA) is 202 Å². The van der Waals surface area contributed by atoms with Gasteiger partial charge in [0.15, 0.2) is 11.1 Å². The number of hydrogen-bond acceptors (Lipinski definition) is 10. The summed E-state index contributed by atoms with van der Waals surface area (Å²) in [7, 11) is 0. The number of nitriles is 6. The summed E-state index contributed by atoms with van der Waals surface area (Å²) in [4.78, 5) is 25.8. The first-order chi connectivity index (χ1) is 23.6. The van der Waals surface area contributed by atoms with Crippen molar-refractivity contribution in [2.45, 2.75) is 75.3 Å². The monoisotopic (exact) mass is 748 g/mol. The first-order valence-corrected chi connectivity index (χ1v) is 13.8. The molecule has 0 aromatic rings. The molecule has 2 aliphatic rings. The van der Waals surface area contributed by atoms with E-state index in [-0.39, 0.29) is 0 Å². The van der Waals surface area contributed by atoms with Crippen molar-refractivity contribution in [1.82, 2.24) is 0 Å². The number of Topliss-reactive ketones (excluding diaryl/α,β-unsaturated/α-hetero) is 2. The van der Waals surface area contributed by atoms with Crippen LogP contribution in [0.3, 0.4) is 0 Å². The summed E-state index contributed by atoms with van der Waals surface area (Å²) < 4.78 is 166. The molecule has 22 heteroatoms. The Morgan fingerprint density at radius 1 is 0.500 bits per heavy atom. The predicted molar refractivity (Wildman–Crippen MR) is 143 cm³/mol. The van der Waals surface area contributed by atoms with E-state index in [2.05, 4.69) is 10.2 Å². The van der Waals surface area contributed by atoms with E-state index in [0.717, 1.165) is 38.1 Å². The van der Waals surface area contributed by atoms with Gasteiger partial charge in [-0.05, 0) is 26.7 Å². The van der Waals surface area contributed by atoms with Gasteiger partial charge in [-0.2, -0.15) is 94.5 Å². The maximum atomic E-state index is 13.8. The van der Waals surface area contributed by atoms with Crippen molar-refractivity contribution in [2.75, 3.05) is 0 Å². The molecule has 2 rings (SSSR count). The normalized spacial score (nSPS) is 18.7. The first kappa shape index (κ1) is 42.2. The Kier molecular flexibility index (Phi) is 11.6. The average molecular weight is 748 g/mol. The number of allylic oxidation sites excluding steroid dienone is 8. The molecule has 0 amide bonds. The summed E-state index contributed by atoms with van der Waals surface area (Å²) in [5.41, 5.74) is -20.8. The molecule has 52 heavy (non-hydrogen) atoms. The number of halogens is 12. The van der Waals surface area contributed by atoms with Crippen molar-refractivity contribution in [2.24, 2.45) is 22.1 Å². The Morgan fingerprint density at radius 3 is 0.865 bits per heavy atom. The summed E-state index contributed by atoms with van der Waals surface area (Å²) >= 11 is 0. The van der Waals surface area contributed by atoms with Crippen LogP contribution in [0, 0.1) is 79.8 Å². The van der Waals surface area contributed by atoms with Crippen molar-refractivity contribution in [1.29, 1.82) is 31.6 Å². The van der Waals surface area contributed by atoms with Crippen LogP contribution < -0.4 is 0 Å². The molecule has 2 unspecified atom stereocenters. The lowest BCUT2D eigenvalue weighted by Gasteiger charge is -2.24. The number of carbonyl (C=O) groups is 2. The fourth-order valence-electron chi connectivity index (χ4n) is 5.23. The minimum Gasteiger partial charge on any atom is -0.299 e. The van der Waals surface area contributed by atoms with Gasteiger partial charge in [-0.3, -0.25) is 9.59 Å². The Morgan fingerprint density at radius 2 is 0.712 bits per heavy atom. The number of azo groups is 1. The molecule has 0 spiro atoms. The molecule has 0 saturated carbocycles. The molecule has 2 aliphatic carbocycles. The summed E-state index contributed by atoms with van der Waals surface area (Å²) in [5.74, 6) is -10.2. The van der Waals surface area contributed by atoms with Crippen LogP contribution in [-0.4, -0.2) is 47.3 Å². The third-order valence-electron chi connectivity index (χ3n) is 7.73. The standard InChI is InChI=1S/C30H16F12N8O2/c1-25(11-47,5-3-17(51)19-21(27(31,32)33)13(7-43)14(8-44)22(19)28(34,35)36)49-50-26(2,12-48)6-4-18(52)20-23(29(37,38)39)15(9-45)16(10-46)24(20)30(40,41)42/h19-20H,3-6H2,1-2H3/b50-49+. The molecule has 2 atom stereocenters. The average Bonchev–Trinajstić information content (AvgIpc) is 3.59. The number of carbonyl (C=O) groups excluding carboxylic acids is 2. The quantitative estimate of drug-likeness (QED) is 0.161. The molecule has 0 saturated heterocycles. The highest BCUT2D eigenvalue weighted by Crippen LogP contribution is 2.53. The smallest absolute Gasteiger partial charge is 0.299 e. The summed E-state index contributed by atoms with van der Waals surface area (Å²) in [5, 5.41) is 62.7. The molecule has 10 nitrogen and oxygen atoms in total. The molecule has 0 heterocycles. The number of hydrogen-bond donors (Lipinski definition) is 0. The highest BCUT2D eigenvalue weighted by molar-refractivity contribution is 5.92. The van der Waals surface area contributed by atoms with Crippen molar-refractivity contribution in [3.63, 3.8) is 0 Å².